The van der Waals surface area contributed by atoms with E-state index < -0.39 is 10.6 Å². The van der Waals surface area contributed by atoms with Crippen LogP contribution in [0.1, 0.15) is 0 Å². The maximum atomic E-state index is 10.6. The quantitative estimate of drug-likeness (QED) is 0.476. The van der Waals surface area contributed by atoms with E-state index in [1.165, 1.54) is 0 Å². The molecule has 0 unspecified atom stereocenters. The lowest BCUT2D eigenvalue weighted by Gasteiger charge is -2.02. The highest BCUT2D eigenvalue weighted by molar-refractivity contribution is 6.36. The molecule has 5 nitrogen and oxygen atoms in total. The van der Waals surface area contributed by atoms with Gasteiger partial charge in [0.15, 0.2) is 5.82 Å². The molecule has 86 valence electrons. The fraction of sp³-hybridized carbons (Fsp3) is 0. The Morgan fingerprint density at radius 3 is 2.06 bits per heavy atom. The van der Waals surface area contributed by atoms with Crippen LogP contribution in [0.5, 0.6) is 0 Å². The highest BCUT2D eigenvalue weighted by atomic mass is 35.5. The van der Waals surface area contributed by atoms with Crippen molar-refractivity contribution in [1.29, 1.82) is 0 Å². The second-order valence-electron chi connectivity index (χ2n) is 3.10. The van der Waals surface area contributed by atoms with Crippen molar-refractivity contribution >= 4 is 28.9 Å². The summed E-state index contributed by atoms with van der Waals surface area (Å²) in [5.41, 5.74) is 0.208. The van der Waals surface area contributed by atoms with Gasteiger partial charge in [-0.25, -0.2) is 9.97 Å². The third-order valence-corrected chi connectivity index (χ3v) is 2.54. The molecule has 7 heteroatoms. The van der Waals surface area contributed by atoms with Crippen molar-refractivity contribution in [3.63, 3.8) is 0 Å². The standard InChI is InChI=1S/C10H5Cl2N3O2/c11-8-7(15(16)17)9(12)14-10(13-8)6-4-2-1-3-5-6/h1-5H. The number of hydrogen-bond acceptors (Lipinski definition) is 4. The van der Waals surface area contributed by atoms with E-state index >= 15 is 0 Å². The first kappa shape index (κ1) is 11.8. The number of benzene rings is 1. The molecule has 1 aromatic heterocycles. The predicted octanol–water partition coefficient (Wildman–Crippen LogP) is 3.36. The van der Waals surface area contributed by atoms with Crippen molar-refractivity contribution in [1.82, 2.24) is 9.97 Å². The molecule has 0 radical (unpaired) electrons. The SMILES string of the molecule is O=[N+]([O-])c1c(Cl)nc(-c2ccccc2)nc1Cl. The Labute approximate surface area is 106 Å². The molecule has 0 saturated carbocycles. The van der Waals surface area contributed by atoms with Crippen LogP contribution >= 0.6 is 23.2 Å². The van der Waals surface area contributed by atoms with Gasteiger partial charge < -0.3 is 0 Å². The fourth-order valence-corrected chi connectivity index (χ4v) is 1.79. The summed E-state index contributed by atoms with van der Waals surface area (Å²) in [7, 11) is 0. The molecule has 0 spiro atoms. The topological polar surface area (TPSA) is 68.9 Å². The summed E-state index contributed by atoms with van der Waals surface area (Å²) in [4.78, 5) is 17.6. The molecular weight excluding hydrogens is 265 g/mol. The molecule has 0 saturated heterocycles. The molecule has 2 rings (SSSR count). The van der Waals surface area contributed by atoms with Gasteiger partial charge in [-0.15, -0.1) is 0 Å². The zero-order valence-corrected chi connectivity index (χ0v) is 9.81. The highest BCUT2D eigenvalue weighted by Crippen LogP contribution is 2.31. The van der Waals surface area contributed by atoms with Crippen molar-refractivity contribution in [3.8, 4) is 11.4 Å². The number of halogens is 2. The Hall–Kier alpha value is -1.72. The molecule has 0 atom stereocenters. The average molecular weight is 270 g/mol. The third kappa shape index (κ3) is 2.35. The minimum atomic E-state index is -0.709. The van der Waals surface area contributed by atoms with E-state index in [1.54, 1.807) is 24.3 Å². The Balaban J connectivity index is 2.57. The van der Waals surface area contributed by atoms with Crippen molar-refractivity contribution in [2.75, 3.05) is 0 Å². The molecule has 1 heterocycles. The van der Waals surface area contributed by atoms with Gasteiger partial charge in [-0.3, -0.25) is 10.1 Å². The normalized spacial score (nSPS) is 10.2. The summed E-state index contributed by atoms with van der Waals surface area (Å²) in [5, 5.41) is 10.1. The van der Waals surface area contributed by atoms with Gasteiger partial charge in [-0.1, -0.05) is 53.5 Å². The lowest BCUT2D eigenvalue weighted by molar-refractivity contribution is -0.385. The number of nitrogens with zero attached hydrogens (tertiary/aromatic N) is 3. The molecule has 0 aliphatic heterocycles. The minimum absolute atomic E-state index is 0.256. The molecule has 17 heavy (non-hydrogen) atoms. The molecule has 0 N–H and O–H groups in total. The highest BCUT2D eigenvalue weighted by Gasteiger charge is 2.22. The van der Waals surface area contributed by atoms with Crippen LogP contribution in [0, 0.1) is 10.1 Å². The number of nitro groups is 1. The van der Waals surface area contributed by atoms with E-state index in [0.717, 1.165) is 0 Å². The molecular formula is C10H5Cl2N3O2. The number of hydrogen-bond donors (Lipinski definition) is 0. The van der Waals surface area contributed by atoms with Crippen LogP contribution in [0.15, 0.2) is 30.3 Å². The lowest BCUT2D eigenvalue weighted by Crippen LogP contribution is -1.98. The average Bonchev–Trinajstić information content (AvgIpc) is 2.28. The molecule has 1 aromatic carbocycles. The zero-order valence-electron chi connectivity index (χ0n) is 8.30. The maximum Gasteiger partial charge on any atom is 0.343 e. The molecule has 0 aliphatic carbocycles. The molecule has 0 amide bonds. The van der Waals surface area contributed by atoms with E-state index in [9.17, 15) is 10.1 Å². The van der Waals surface area contributed by atoms with Gasteiger partial charge in [0.25, 0.3) is 0 Å². The van der Waals surface area contributed by atoms with Gasteiger partial charge in [0.2, 0.25) is 10.3 Å². The molecule has 0 fully saturated rings. The van der Waals surface area contributed by atoms with Crippen LogP contribution in [0.2, 0.25) is 10.3 Å². The third-order valence-electron chi connectivity index (χ3n) is 2.01. The van der Waals surface area contributed by atoms with Crippen LogP contribution < -0.4 is 0 Å². The van der Waals surface area contributed by atoms with Crippen molar-refractivity contribution in [2.24, 2.45) is 0 Å². The fourth-order valence-electron chi connectivity index (χ4n) is 1.27. The number of aromatic nitrogens is 2. The molecule has 2 aromatic rings. The summed E-state index contributed by atoms with van der Waals surface area (Å²) >= 11 is 11.4. The zero-order chi connectivity index (χ0) is 12.4. The Morgan fingerprint density at radius 1 is 1.06 bits per heavy atom. The summed E-state index contributed by atoms with van der Waals surface area (Å²) in [5.74, 6) is 0.256. The van der Waals surface area contributed by atoms with Crippen molar-refractivity contribution in [3.05, 3.63) is 50.8 Å². The van der Waals surface area contributed by atoms with Crippen LogP contribution in [0.4, 0.5) is 5.69 Å². The van der Waals surface area contributed by atoms with Crippen LogP contribution in [-0.2, 0) is 0 Å². The number of rotatable bonds is 2. The Morgan fingerprint density at radius 2 is 1.59 bits per heavy atom. The van der Waals surface area contributed by atoms with Crippen LogP contribution in [0.3, 0.4) is 0 Å². The minimum Gasteiger partial charge on any atom is -0.258 e. The Kier molecular flexibility index (Phi) is 3.21. The van der Waals surface area contributed by atoms with Gasteiger partial charge in [-0.05, 0) is 0 Å². The van der Waals surface area contributed by atoms with Gasteiger partial charge in [0, 0.05) is 5.56 Å². The summed E-state index contributed by atoms with van der Waals surface area (Å²) in [6.45, 7) is 0. The second kappa shape index (κ2) is 4.65. The lowest BCUT2D eigenvalue weighted by atomic mass is 10.2. The van der Waals surface area contributed by atoms with E-state index in [0.29, 0.717) is 5.56 Å². The van der Waals surface area contributed by atoms with Crippen molar-refractivity contribution in [2.45, 2.75) is 0 Å². The predicted molar refractivity (Wildman–Crippen MR) is 64.1 cm³/mol. The first-order valence-corrected chi connectivity index (χ1v) is 5.28. The van der Waals surface area contributed by atoms with Crippen molar-refractivity contribution < 1.29 is 4.92 Å². The largest absolute Gasteiger partial charge is 0.343 e. The molecule has 0 aliphatic rings. The van der Waals surface area contributed by atoms with E-state index in [-0.39, 0.29) is 16.1 Å². The van der Waals surface area contributed by atoms with Crippen LogP contribution in [0.25, 0.3) is 11.4 Å². The smallest absolute Gasteiger partial charge is 0.258 e. The second-order valence-corrected chi connectivity index (χ2v) is 3.82. The Bertz CT molecular complexity index is 552. The van der Waals surface area contributed by atoms with Gasteiger partial charge in [-0.2, -0.15) is 0 Å². The van der Waals surface area contributed by atoms with E-state index in [2.05, 4.69) is 9.97 Å². The van der Waals surface area contributed by atoms with Gasteiger partial charge >= 0.3 is 5.69 Å². The van der Waals surface area contributed by atoms with E-state index in [1.807, 2.05) is 6.07 Å². The first-order chi connectivity index (χ1) is 8.09. The van der Waals surface area contributed by atoms with Crippen LogP contribution in [-0.4, -0.2) is 14.9 Å². The van der Waals surface area contributed by atoms with E-state index in [4.69, 9.17) is 23.2 Å². The van der Waals surface area contributed by atoms with Gasteiger partial charge in [0.05, 0.1) is 4.92 Å². The molecule has 0 bridgehead atoms. The summed E-state index contributed by atoms with van der Waals surface area (Å²) in [6, 6.07) is 8.93. The summed E-state index contributed by atoms with van der Waals surface area (Å²) in [6.07, 6.45) is 0. The summed E-state index contributed by atoms with van der Waals surface area (Å²) < 4.78 is 0. The maximum absolute atomic E-state index is 10.6. The monoisotopic (exact) mass is 269 g/mol. The first-order valence-electron chi connectivity index (χ1n) is 4.52. The van der Waals surface area contributed by atoms with Gasteiger partial charge in [0.1, 0.15) is 0 Å².